The lowest BCUT2D eigenvalue weighted by Crippen LogP contribution is -2.33. The van der Waals surface area contributed by atoms with Crippen LogP contribution in [0.2, 0.25) is 15.1 Å². The molecular weight excluding hydrogens is 506 g/mol. The van der Waals surface area contributed by atoms with Crippen LogP contribution in [0.4, 0.5) is 4.39 Å². The van der Waals surface area contributed by atoms with Crippen LogP contribution in [0, 0.1) is 5.82 Å². The molecule has 1 unspecified atom stereocenters. The monoisotopic (exact) mass is 520 g/mol. The maximum Gasteiger partial charge on any atom is 0.328 e. The summed E-state index contributed by atoms with van der Waals surface area (Å²) < 4.78 is 23.0. The molecule has 5 rings (SSSR count). The van der Waals surface area contributed by atoms with E-state index in [1.165, 1.54) is 22.8 Å². The van der Waals surface area contributed by atoms with Crippen molar-refractivity contribution in [2.75, 3.05) is 0 Å². The predicted molar refractivity (Wildman–Crippen MR) is 128 cm³/mol. The van der Waals surface area contributed by atoms with Crippen molar-refractivity contribution in [3.05, 3.63) is 79.9 Å². The quantitative estimate of drug-likeness (QED) is 0.294. The Labute approximate surface area is 207 Å². The summed E-state index contributed by atoms with van der Waals surface area (Å²) in [5.41, 5.74) is 0.715. The maximum atomic E-state index is 15.9. The summed E-state index contributed by atoms with van der Waals surface area (Å²) in [4.78, 5) is 11.0. The van der Waals surface area contributed by atoms with Crippen LogP contribution in [-0.2, 0) is 10.2 Å². The minimum absolute atomic E-state index is 0.176. The summed E-state index contributed by atoms with van der Waals surface area (Å²) in [5.74, 6) is -1.49. The van der Waals surface area contributed by atoms with Gasteiger partial charge in [-0.05, 0) is 43.7 Å². The highest BCUT2D eigenvalue weighted by atomic mass is 35.5. The number of aromatic nitrogens is 2. The Balaban J connectivity index is 1.81. The molecule has 34 heavy (non-hydrogen) atoms. The van der Waals surface area contributed by atoms with Crippen LogP contribution in [0.3, 0.4) is 0 Å². The molecule has 1 atom stereocenters. The number of halogens is 4. The molecule has 174 valence electrons. The van der Waals surface area contributed by atoms with Crippen molar-refractivity contribution >= 4 is 57.8 Å². The lowest BCUT2D eigenvalue weighted by atomic mass is 9.80. The molecule has 0 bridgehead atoms. The van der Waals surface area contributed by atoms with Gasteiger partial charge in [0.05, 0.1) is 32.2 Å². The molecule has 0 fully saturated rings. The number of aliphatic carboxylic acids is 1. The normalized spacial score (nSPS) is 16.7. The molecule has 10 heteroatoms. The number of nitrogens with zero attached hydrogens (tertiary/aromatic N) is 2. The van der Waals surface area contributed by atoms with Crippen LogP contribution in [0.15, 0.2) is 40.9 Å². The lowest BCUT2D eigenvalue weighted by Gasteiger charge is -2.33. The molecule has 2 aromatic heterocycles. The smallest absolute Gasteiger partial charge is 0.328 e. The SMILES string of the molecule is CC1(C)c2onc(-c3c(Cl)cc(Cl)cc3Cl)c2C(O)n2c1c(F)c1c(/C=C/C(=O)O)cccc12. The van der Waals surface area contributed by atoms with Gasteiger partial charge in [-0.1, -0.05) is 52.1 Å². The van der Waals surface area contributed by atoms with Crippen molar-refractivity contribution in [3.63, 3.8) is 0 Å². The standard InChI is InChI=1S/C24H16Cl3FN2O4/c1-24(2)21-19(28)16-10(6-7-15(31)32)4-3-5-14(16)30(21)23(33)18-20(29-34-22(18)24)17-12(26)8-11(25)9-13(17)27/h3-9,23,33H,1-2H3,(H,31,32)/b7-6+. The van der Waals surface area contributed by atoms with Gasteiger partial charge >= 0.3 is 5.97 Å². The molecule has 6 nitrogen and oxygen atoms in total. The highest BCUT2D eigenvalue weighted by Crippen LogP contribution is 2.51. The van der Waals surface area contributed by atoms with Gasteiger partial charge in [0.25, 0.3) is 0 Å². The summed E-state index contributed by atoms with van der Waals surface area (Å²) >= 11 is 18.9. The zero-order chi connectivity index (χ0) is 24.5. The number of benzene rings is 2. The fourth-order valence-corrected chi connectivity index (χ4v) is 5.64. The highest BCUT2D eigenvalue weighted by Gasteiger charge is 2.47. The molecule has 1 aliphatic rings. The first kappa shape index (κ1) is 22.9. The first-order chi connectivity index (χ1) is 16.0. The van der Waals surface area contributed by atoms with E-state index in [1.54, 1.807) is 32.0 Å². The molecule has 0 saturated heterocycles. The Morgan fingerprint density at radius 3 is 2.56 bits per heavy atom. The van der Waals surface area contributed by atoms with Crippen molar-refractivity contribution in [1.82, 2.24) is 9.72 Å². The molecule has 4 aromatic rings. The molecule has 0 radical (unpaired) electrons. The molecule has 2 aromatic carbocycles. The van der Waals surface area contributed by atoms with Gasteiger partial charge in [0, 0.05) is 22.0 Å². The van der Waals surface area contributed by atoms with Gasteiger partial charge in [-0.25, -0.2) is 9.18 Å². The number of carboxylic acid groups (broad SMARTS) is 1. The van der Waals surface area contributed by atoms with Gasteiger partial charge in [0.1, 0.15) is 5.69 Å². The average molecular weight is 522 g/mol. The van der Waals surface area contributed by atoms with Crippen LogP contribution in [0.25, 0.3) is 28.2 Å². The second-order valence-corrected chi connectivity index (χ2v) is 9.71. The van der Waals surface area contributed by atoms with Crippen molar-refractivity contribution < 1.29 is 23.9 Å². The van der Waals surface area contributed by atoms with Crippen molar-refractivity contribution in [2.24, 2.45) is 0 Å². The average Bonchev–Trinajstić information content (AvgIpc) is 3.32. The largest absolute Gasteiger partial charge is 0.478 e. The Kier molecular flexibility index (Phi) is 5.29. The summed E-state index contributed by atoms with van der Waals surface area (Å²) in [7, 11) is 0. The molecule has 0 saturated carbocycles. The van der Waals surface area contributed by atoms with E-state index in [0.717, 1.165) is 6.08 Å². The fraction of sp³-hybridized carbons (Fsp3) is 0.167. The van der Waals surface area contributed by atoms with Crippen LogP contribution in [0.5, 0.6) is 0 Å². The van der Waals surface area contributed by atoms with E-state index in [2.05, 4.69) is 5.16 Å². The number of carboxylic acids is 1. The summed E-state index contributed by atoms with van der Waals surface area (Å²) in [6.07, 6.45) is 0.868. The van der Waals surface area contributed by atoms with Crippen molar-refractivity contribution in [3.8, 4) is 11.3 Å². The van der Waals surface area contributed by atoms with Gasteiger partial charge in [-0.15, -0.1) is 0 Å². The van der Waals surface area contributed by atoms with Crippen LogP contribution >= 0.6 is 34.8 Å². The van der Waals surface area contributed by atoms with Crippen LogP contribution < -0.4 is 0 Å². The zero-order valence-corrected chi connectivity index (χ0v) is 20.0. The van der Waals surface area contributed by atoms with E-state index in [4.69, 9.17) is 44.4 Å². The van der Waals surface area contributed by atoms with Crippen molar-refractivity contribution in [2.45, 2.75) is 25.5 Å². The number of hydrogen-bond donors (Lipinski definition) is 2. The zero-order valence-electron chi connectivity index (χ0n) is 17.7. The first-order valence-corrected chi connectivity index (χ1v) is 11.2. The van der Waals surface area contributed by atoms with Gasteiger partial charge in [0.15, 0.2) is 17.8 Å². The summed E-state index contributed by atoms with van der Waals surface area (Å²) in [6.45, 7) is 3.50. The van der Waals surface area contributed by atoms with Crippen LogP contribution in [-0.4, -0.2) is 25.9 Å². The minimum atomic E-state index is -1.38. The van der Waals surface area contributed by atoms with Gasteiger partial charge in [0.2, 0.25) is 0 Å². The van der Waals surface area contributed by atoms with E-state index >= 15 is 4.39 Å². The first-order valence-electron chi connectivity index (χ1n) is 10.1. The molecule has 1 aliphatic heterocycles. The fourth-order valence-electron chi connectivity index (χ4n) is 4.64. The minimum Gasteiger partial charge on any atom is -0.478 e. The van der Waals surface area contributed by atoms with Gasteiger partial charge in [-0.3, -0.25) is 0 Å². The van der Waals surface area contributed by atoms with E-state index in [-0.39, 0.29) is 32.6 Å². The van der Waals surface area contributed by atoms with Gasteiger partial charge < -0.3 is 19.3 Å². The third-order valence-corrected chi connectivity index (χ3v) is 6.86. The number of hydrogen-bond acceptors (Lipinski definition) is 4. The molecule has 0 spiro atoms. The third-order valence-electron chi connectivity index (χ3n) is 6.04. The van der Waals surface area contributed by atoms with E-state index in [9.17, 15) is 9.90 Å². The Morgan fingerprint density at radius 2 is 1.91 bits per heavy atom. The molecule has 2 N–H and O–H groups in total. The lowest BCUT2D eigenvalue weighted by molar-refractivity contribution is -0.131. The number of rotatable bonds is 3. The predicted octanol–water partition coefficient (Wildman–Crippen LogP) is 6.67. The number of aliphatic hydroxyl groups excluding tert-OH is 1. The third kappa shape index (κ3) is 3.19. The highest BCUT2D eigenvalue weighted by molar-refractivity contribution is 6.41. The topological polar surface area (TPSA) is 88.5 Å². The Bertz CT molecular complexity index is 1510. The molecular formula is C24H16Cl3FN2O4. The maximum absolute atomic E-state index is 15.9. The molecule has 0 aliphatic carbocycles. The summed E-state index contributed by atoms with van der Waals surface area (Å²) in [5, 5.41) is 25.6. The number of fused-ring (bicyclic) bond motifs is 4. The van der Waals surface area contributed by atoms with Crippen molar-refractivity contribution in [1.29, 1.82) is 0 Å². The number of aliphatic hydroxyl groups is 1. The second-order valence-electron chi connectivity index (χ2n) is 8.46. The second kappa shape index (κ2) is 7.85. The molecule has 0 amide bonds. The van der Waals surface area contributed by atoms with Gasteiger partial charge in [-0.2, -0.15) is 0 Å². The van der Waals surface area contributed by atoms with Crippen LogP contribution in [0.1, 0.15) is 42.7 Å². The Morgan fingerprint density at radius 1 is 1.24 bits per heavy atom. The summed E-state index contributed by atoms with van der Waals surface area (Å²) in [6, 6.07) is 7.92. The van der Waals surface area contributed by atoms with E-state index in [1.807, 2.05) is 0 Å². The molecule has 3 heterocycles. The number of carbonyl (C=O) groups is 1. The van der Waals surface area contributed by atoms with E-state index < -0.39 is 23.4 Å². The Hall–Kier alpha value is -2.84. The van der Waals surface area contributed by atoms with E-state index in [0.29, 0.717) is 27.2 Å².